The molecule has 0 heterocycles. The molecule has 0 radical (unpaired) electrons. The minimum Gasteiger partial charge on any atom is -0.409 e. The molecule has 1 unspecified atom stereocenters. The second-order valence-electron chi connectivity index (χ2n) is 4.16. The summed E-state index contributed by atoms with van der Waals surface area (Å²) in [5.74, 6) is -7.57. The number of halogens is 6. The molecule has 0 rings (SSSR count). The quantitative estimate of drug-likeness (QED) is 0.272. The number of carbonyl (C=O) groups excluding carboxylic acids is 1. The zero-order valence-electron chi connectivity index (χ0n) is 10.5. The summed E-state index contributed by atoms with van der Waals surface area (Å²) < 4.78 is 74.0. The van der Waals surface area contributed by atoms with E-state index in [0.717, 1.165) is 7.05 Å². The maximum Gasteiger partial charge on any atom is 0.409 e. The van der Waals surface area contributed by atoms with E-state index in [-0.39, 0.29) is 4.90 Å². The molecule has 3 N–H and O–H groups in total. The van der Waals surface area contributed by atoms with E-state index in [2.05, 4.69) is 5.16 Å². The molecule has 0 bridgehead atoms. The van der Waals surface area contributed by atoms with Gasteiger partial charge in [-0.1, -0.05) is 12.1 Å². The number of alkyl halides is 6. The predicted octanol–water partition coefficient (Wildman–Crippen LogP) is 1.57. The lowest BCUT2D eigenvalue weighted by Gasteiger charge is -2.28. The molecular weight excluding hydrogens is 296 g/mol. The maximum atomic E-state index is 12.3. The smallest absolute Gasteiger partial charge is 0.409 e. The average Bonchev–Trinajstić information content (AvgIpc) is 2.23. The average molecular weight is 309 g/mol. The lowest BCUT2D eigenvalue weighted by molar-refractivity contribution is -0.277. The molecule has 0 fully saturated rings. The van der Waals surface area contributed by atoms with Crippen molar-refractivity contribution in [2.24, 2.45) is 22.7 Å². The fraction of sp³-hybridized carbons (Fsp3) is 0.778. The molecule has 0 saturated heterocycles. The first-order valence-corrected chi connectivity index (χ1v) is 5.18. The molecule has 0 aliphatic heterocycles. The Labute approximate surface area is 110 Å². The molecule has 0 aromatic heterocycles. The Hall–Kier alpha value is -1.68. The standard InChI is InChI=1S/C9H13F6N3O2/c1-4(6(16)17-20)3-18(2)7(19)5(8(10,11)12)9(13,14)15/h4-5,20H,3H2,1-2H3,(H2,16,17). The second-order valence-corrected chi connectivity index (χ2v) is 4.16. The van der Waals surface area contributed by atoms with E-state index >= 15 is 0 Å². The molecule has 11 heteroatoms. The minimum absolute atomic E-state index is 0.244. The third-order valence-electron chi connectivity index (χ3n) is 2.45. The topological polar surface area (TPSA) is 78.9 Å². The third kappa shape index (κ3) is 4.78. The molecule has 1 atom stereocenters. The van der Waals surface area contributed by atoms with E-state index in [9.17, 15) is 31.1 Å². The molecule has 5 nitrogen and oxygen atoms in total. The van der Waals surface area contributed by atoms with Gasteiger partial charge in [0, 0.05) is 19.5 Å². The lowest BCUT2D eigenvalue weighted by Crippen LogP contribution is -2.50. The Bertz CT molecular complexity index is 365. The van der Waals surface area contributed by atoms with Crippen LogP contribution in [0.4, 0.5) is 26.3 Å². The van der Waals surface area contributed by atoms with Crippen molar-refractivity contribution in [3.8, 4) is 0 Å². The molecular formula is C9H13F6N3O2. The zero-order chi connectivity index (χ0) is 16.3. The summed E-state index contributed by atoms with van der Waals surface area (Å²) in [6.45, 7) is 0.715. The summed E-state index contributed by atoms with van der Waals surface area (Å²) >= 11 is 0. The summed E-state index contributed by atoms with van der Waals surface area (Å²) in [6.07, 6.45) is -11.5. The van der Waals surface area contributed by atoms with Gasteiger partial charge in [-0.2, -0.15) is 26.3 Å². The van der Waals surface area contributed by atoms with E-state index in [1.165, 1.54) is 6.92 Å². The molecule has 118 valence electrons. The van der Waals surface area contributed by atoms with Crippen LogP contribution in [0.15, 0.2) is 5.16 Å². The van der Waals surface area contributed by atoms with Crippen molar-refractivity contribution in [2.75, 3.05) is 13.6 Å². The molecule has 0 aliphatic carbocycles. The minimum atomic E-state index is -5.75. The first-order chi connectivity index (χ1) is 8.82. The number of amidine groups is 1. The van der Waals surface area contributed by atoms with Gasteiger partial charge in [-0.25, -0.2) is 0 Å². The fourth-order valence-corrected chi connectivity index (χ4v) is 1.38. The number of nitrogens with zero attached hydrogens (tertiary/aromatic N) is 2. The molecule has 20 heavy (non-hydrogen) atoms. The number of nitrogens with two attached hydrogens (primary N) is 1. The van der Waals surface area contributed by atoms with Gasteiger partial charge in [-0.15, -0.1) is 0 Å². The van der Waals surface area contributed by atoms with E-state index in [1.807, 2.05) is 0 Å². The number of carbonyl (C=O) groups is 1. The lowest BCUT2D eigenvalue weighted by atomic mass is 10.1. The van der Waals surface area contributed by atoms with Crippen molar-refractivity contribution in [1.82, 2.24) is 4.90 Å². The van der Waals surface area contributed by atoms with Gasteiger partial charge in [0.05, 0.1) is 0 Å². The summed E-state index contributed by atoms with van der Waals surface area (Å²) in [5.41, 5.74) is 5.13. The third-order valence-corrected chi connectivity index (χ3v) is 2.45. The molecule has 0 aromatic carbocycles. The van der Waals surface area contributed by atoms with Crippen LogP contribution in [0.25, 0.3) is 0 Å². The predicted molar refractivity (Wildman–Crippen MR) is 55.8 cm³/mol. The van der Waals surface area contributed by atoms with Gasteiger partial charge in [-0.05, 0) is 0 Å². The van der Waals surface area contributed by atoms with Gasteiger partial charge >= 0.3 is 12.4 Å². The maximum absolute atomic E-state index is 12.3. The Morgan fingerprint density at radius 1 is 1.25 bits per heavy atom. The summed E-state index contributed by atoms with van der Waals surface area (Å²) in [6, 6.07) is 0. The Kier molecular flexibility index (Phi) is 5.66. The second kappa shape index (κ2) is 6.18. The largest absolute Gasteiger partial charge is 0.409 e. The van der Waals surface area contributed by atoms with Crippen molar-refractivity contribution < 1.29 is 36.3 Å². The molecule has 1 amide bonds. The summed E-state index contributed by atoms with van der Waals surface area (Å²) in [4.78, 5) is 11.6. The van der Waals surface area contributed by atoms with Crippen LogP contribution in [0.3, 0.4) is 0 Å². The van der Waals surface area contributed by atoms with E-state index in [4.69, 9.17) is 10.9 Å². The number of amides is 1. The van der Waals surface area contributed by atoms with Gasteiger partial charge in [0.15, 0.2) is 0 Å². The number of hydrogen-bond donors (Lipinski definition) is 2. The Morgan fingerprint density at radius 3 is 1.95 bits per heavy atom. The van der Waals surface area contributed by atoms with Crippen LogP contribution in [0, 0.1) is 11.8 Å². The van der Waals surface area contributed by atoms with Crippen molar-refractivity contribution >= 4 is 11.7 Å². The van der Waals surface area contributed by atoms with Crippen LogP contribution < -0.4 is 5.73 Å². The number of hydrogen-bond acceptors (Lipinski definition) is 3. The van der Waals surface area contributed by atoms with E-state index < -0.39 is 42.5 Å². The summed E-state index contributed by atoms with van der Waals surface area (Å²) in [5, 5.41) is 10.9. The van der Waals surface area contributed by atoms with Gasteiger partial charge in [0.25, 0.3) is 0 Å². The van der Waals surface area contributed by atoms with Crippen LogP contribution in [0.2, 0.25) is 0 Å². The van der Waals surface area contributed by atoms with E-state index in [0.29, 0.717) is 0 Å². The SMILES string of the molecule is CC(CN(C)C(=O)C(C(F)(F)F)C(F)(F)F)C(N)=NO. The van der Waals surface area contributed by atoms with Gasteiger partial charge in [0.2, 0.25) is 11.8 Å². The van der Waals surface area contributed by atoms with Crippen LogP contribution in [-0.2, 0) is 4.79 Å². The first kappa shape index (κ1) is 18.3. The molecule has 0 spiro atoms. The Morgan fingerprint density at radius 2 is 1.65 bits per heavy atom. The van der Waals surface area contributed by atoms with Crippen LogP contribution in [-0.4, -0.2) is 47.8 Å². The highest BCUT2D eigenvalue weighted by Gasteiger charge is 2.61. The summed E-state index contributed by atoms with van der Waals surface area (Å²) in [7, 11) is 0.772. The Balaban J connectivity index is 5.11. The monoisotopic (exact) mass is 309 g/mol. The van der Waals surface area contributed by atoms with Crippen molar-refractivity contribution in [3.63, 3.8) is 0 Å². The van der Waals surface area contributed by atoms with Gasteiger partial charge < -0.3 is 15.8 Å². The highest BCUT2D eigenvalue weighted by Crippen LogP contribution is 2.40. The van der Waals surface area contributed by atoms with Crippen LogP contribution in [0.5, 0.6) is 0 Å². The van der Waals surface area contributed by atoms with Crippen molar-refractivity contribution in [3.05, 3.63) is 0 Å². The van der Waals surface area contributed by atoms with Gasteiger partial charge in [-0.3, -0.25) is 4.79 Å². The molecule has 0 aliphatic rings. The molecule has 0 saturated carbocycles. The van der Waals surface area contributed by atoms with Gasteiger partial charge in [0.1, 0.15) is 5.84 Å². The number of oxime groups is 1. The highest BCUT2D eigenvalue weighted by molar-refractivity contribution is 5.84. The van der Waals surface area contributed by atoms with Crippen LogP contribution in [0.1, 0.15) is 6.92 Å². The molecule has 0 aromatic rings. The van der Waals surface area contributed by atoms with Crippen molar-refractivity contribution in [1.29, 1.82) is 0 Å². The normalized spacial score (nSPS) is 15.3. The number of rotatable bonds is 4. The highest BCUT2D eigenvalue weighted by atomic mass is 19.4. The van der Waals surface area contributed by atoms with E-state index in [1.54, 1.807) is 0 Å². The fourth-order valence-electron chi connectivity index (χ4n) is 1.38. The first-order valence-electron chi connectivity index (χ1n) is 5.18. The van der Waals surface area contributed by atoms with Crippen molar-refractivity contribution in [2.45, 2.75) is 19.3 Å². The zero-order valence-corrected chi connectivity index (χ0v) is 10.5. The van der Waals surface area contributed by atoms with Crippen LogP contribution >= 0.6 is 0 Å².